The van der Waals surface area contributed by atoms with Gasteiger partial charge in [-0.2, -0.15) is 0 Å². The Balaban J connectivity index is 1.86. The molecule has 1 aromatic rings. The van der Waals surface area contributed by atoms with Gasteiger partial charge >= 0.3 is 0 Å². The van der Waals surface area contributed by atoms with Crippen molar-refractivity contribution in [3.63, 3.8) is 0 Å². The summed E-state index contributed by atoms with van der Waals surface area (Å²) in [6.07, 6.45) is 0.544. The molecule has 0 saturated carbocycles. The quantitative estimate of drug-likeness (QED) is 0.799. The van der Waals surface area contributed by atoms with Crippen LogP contribution in [0.5, 0.6) is 0 Å². The number of aryl methyl sites for hydroxylation is 1. The summed E-state index contributed by atoms with van der Waals surface area (Å²) in [5.74, 6) is 2.18. The topological polar surface area (TPSA) is 37.4 Å². The molecule has 0 radical (unpaired) electrons. The molecule has 0 aliphatic carbocycles. The minimum Gasteiger partial charge on any atom is -0.302 e. The van der Waals surface area contributed by atoms with Crippen LogP contribution < -0.4 is 0 Å². The fourth-order valence-corrected chi connectivity index (χ4v) is 3.93. The Bertz CT molecular complexity index is 484. The van der Waals surface area contributed by atoms with Gasteiger partial charge in [0.15, 0.2) is 5.78 Å². The molecule has 1 aliphatic rings. The first-order valence-corrected chi connectivity index (χ1v) is 8.70. The second kappa shape index (κ2) is 7.14. The third kappa shape index (κ3) is 4.53. The zero-order valence-electron chi connectivity index (χ0n) is 12.3. The van der Waals surface area contributed by atoms with Crippen LogP contribution in [-0.2, 0) is 10.8 Å². The lowest BCUT2D eigenvalue weighted by molar-refractivity contribution is 0.0963. The average molecular weight is 293 g/mol. The number of hydrogen-bond donors (Lipinski definition) is 0. The van der Waals surface area contributed by atoms with Gasteiger partial charge < -0.3 is 4.90 Å². The second-order valence-corrected chi connectivity index (χ2v) is 7.38. The number of Topliss-reactive ketones (excluding diaryl/α,β-unsaturated/α-hetero) is 1. The number of nitrogens with zero attached hydrogens (tertiary/aromatic N) is 1. The molecule has 0 N–H and O–H groups in total. The van der Waals surface area contributed by atoms with E-state index in [9.17, 15) is 9.00 Å². The van der Waals surface area contributed by atoms with Crippen LogP contribution in [0.25, 0.3) is 0 Å². The Hall–Kier alpha value is -1.00. The van der Waals surface area contributed by atoms with Gasteiger partial charge in [0.25, 0.3) is 0 Å². The van der Waals surface area contributed by atoms with E-state index in [2.05, 4.69) is 11.8 Å². The van der Waals surface area contributed by atoms with Gasteiger partial charge in [0.05, 0.1) is 0 Å². The zero-order valence-corrected chi connectivity index (χ0v) is 13.1. The number of ketones is 1. The molecule has 1 fully saturated rings. The highest BCUT2D eigenvalue weighted by Gasteiger charge is 2.19. The van der Waals surface area contributed by atoms with Crippen LogP contribution in [0.3, 0.4) is 0 Å². The van der Waals surface area contributed by atoms with Crippen molar-refractivity contribution in [2.24, 2.45) is 5.92 Å². The van der Waals surface area contributed by atoms with E-state index in [0.29, 0.717) is 12.3 Å². The maximum atomic E-state index is 12.1. The highest BCUT2D eigenvalue weighted by Crippen LogP contribution is 2.11. The van der Waals surface area contributed by atoms with Gasteiger partial charge in [0, 0.05) is 53.9 Å². The van der Waals surface area contributed by atoms with E-state index in [-0.39, 0.29) is 5.78 Å². The van der Waals surface area contributed by atoms with Crippen LogP contribution in [0, 0.1) is 12.8 Å². The van der Waals surface area contributed by atoms with E-state index in [1.54, 1.807) is 0 Å². The van der Waals surface area contributed by atoms with Crippen molar-refractivity contribution in [3.05, 3.63) is 35.4 Å². The number of rotatable bonds is 4. The highest BCUT2D eigenvalue weighted by molar-refractivity contribution is 7.85. The van der Waals surface area contributed by atoms with Gasteiger partial charge in [-0.25, -0.2) is 0 Å². The van der Waals surface area contributed by atoms with Crippen molar-refractivity contribution in [2.45, 2.75) is 20.3 Å². The second-order valence-electron chi connectivity index (χ2n) is 5.76. The normalized spacial score (nSPS) is 24.3. The molecule has 1 heterocycles. The summed E-state index contributed by atoms with van der Waals surface area (Å²) >= 11 is 0. The van der Waals surface area contributed by atoms with E-state index in [1.165, 1.54) is 5.56 Å². The van der Waals surface area contributed by atoms with Gasteiger partial charge in [-0.1, -0.05) is 36.8 Å². The number of carbonyl (C=O) groups excluding carboxylic acids is 1. The molecule has 1 aliphatic heterocycles. The molecule has 0 amide bonds. The lowest BCUT2D eigenvalue weighted by Crippen LogP contribution is -2.31. The van der Waals surface area contributed by atoms with Crippen LogP contribution in [-0.4, -0.2) is 46.0 Å². The summed E-state index contributed by atoms with van der Waals surface area (Å²) in [6.45, 7) is 6.73. The Kier molecular flexibility index (Phi) is 5.49. The van der Waals surface area contributed by atoms with E-state index >= 15 is 0 Å². The summed E-state index contributed by atoms with van der Waals surface area (Å²) < 4.78 is 11.6. The van der Waals surface area contributed by atoms with E-state index in [0.717, 1.165) is 36.7 Å². The maximum absolute atomic E-state index is 12.1. The molecule has 20 heavy (non-hydrogen) atoms. The number of hydrogen-bond acceptors (Lipinski definition) is 3. The van der Waals surface area contributed by atoms with Crippen molar-refractivity contribution < 1.29 is 9.00 Å². The van der Waals surface area contributed by atoms with Crippen LogP contribution in [0.1, 0.15) is 29.3 Å². The molecular weight excluding hydrogens is 270 g/mol. The molecule has 0 spiro atoms. The van der Waals surface area contributed by atoms with Crippen LogP contribution in [0.4, 0.5) is 0 Å². The van der Waals surface area contributed by atoms with Gasteiger partial charge in [0.1, 0.15) is 0 Å². The third-order valence-electron chi connectivity index (χ3n) is 3.70. The lowest BCUT2D eigenvalue weighted by Gasteiger charge is -2.21. The summed E-state index contributed by atoms with van der Waals surface area (Å²) in [7, 11) is -0.688. The lowest BCUT2D eigenvalue weighted by atomic mass is 10.1. The summed E-state index contributed by atoms with van der Waals surface area (Å²) in [6, 6.07) is 7.75. The Morgan fingerprint density at radius 2 is 2.05 bits per heavy atom. The third-order valence-corrected chi connectivity index (χ3v) is 5.28. The van der Waals surface area contributed by atoms with Gasteiger partial charge in [-0.15, -0.1) is 0 Å². The molecular formula is C16H23NO2S. The summed E-state index contributed by atoms with van der Waals surface area (Å²) in [5.41, 5.74) is 1.97. The fraction of sp³-hybridized carbons (Fsp3) is 0.562. The molecule has 0 unspecified atom stereocenters. The van der Waals surface area contributed by atoms with Crippen molar-refractivity contribution in [2.75, 3.05) is 31.1 Å². The maximum Gasteiger partial charge on any atom is 0.164 e. The minimum atomic E-state index is -0.688. The molecule has 0 bridgehead atoms. The van der Waals surface area contributed by atoms with Crippen LogP contribution >= 0.6 is 0 Å². The first-order chi connectivity index (χ1) is 9.54. The van der Waals surface area contributed by atoms with E-state index < -0.39 is 10.8 Å². The van der Waals surface area contributed by atoms with Gasteiger partial charge in [-0.3, -0.25) is 9.00 Å². The molecule has 2 rings (SSSR count). The SMILES string of the molecule is Cc1ccc(C(=O)CCN2CC[S@](=O)C[C@@H](C)C2)cc1. The number of carbonyl (C=O) groups is 1. The molecule has 3 nitrogen and oxygen atoms in total. The Morgan fingerprint density at radius 3 is 2.75 bits per heavy atom. The predicted molar refractivity (Wildman–Crippen MR) is 83.6 cm³/mol. The molecule has 110 valence electrons. The smallest absolute Gasteiger partial charge is 0.164 e. The predicted octanol–water partition coefficient (Wildman–Crippen LogP) is 2.27. The summed E-state index contributed by atoms with van der Waals surface area (Å²) in [5, 5.41) is 0. The van der Waals surface area contributed by atoms with Gasteiger partial charge in [-0.05, 0) is 12.8 Å². The first-order valence-electron chi connectivity index (χ1n) is 7.22. The average Bonchev–Trinajstić information content (AvgIpc) is 2.57. The highest BCUT2D eigenvalue weighted by atomic mass is 32.2. The van der Waals surface area contributed by atoms with Crippen molar-refractivity contribution in [1.29, 1.82) is 0 Å². The van der Waals surface area contributed by atoms with Crippen molar-refractivity contribution in [1.82, 2.24) is 4.90 Å². The fourth-order valence-electron chi connectivity index (χ4n) is 2.56. The largest absolute Gasteiger partial charge is 0.302 e. The van der Waals surface area contributed by atoms with Gasteiger partial charge in [0.2, 0.25) is 0 Å². The Labute approximate surface area is 123 Å². The van der Waals surface area contributed by atoms with Crippen molar-refractivity contribution in [3.8, 4) is 0 Å². The van der Waals surface area contributed by atoms with Crippen LogP contribution in [0.2, 0.25) is 0 Å². The standard InChI is InChI=1S/C16H23NO2S/c1-13-3-5-15(6-4-13)16(18)7-8-17-9-10-20(19)12-14(2)11-17/h3-6,14H,7-12H2,1-2H3/t14-,20-/m0/s1. The molecule has 2 atom stereocenters. The first kappa shape index (κ1) is 15.4. The molecule has 0 aromatic heterocycles. The zero-order chi connectivity index (χ0) is 14.5. The Morgan fingerprint density at radius 1 is 1.35 bits per heavy atom. The molecule has 1 aromatic carbocycles. The minimum absolute atomic E-state index is 0.197. The van der Waals surface area contributed by atoms with E-state index in [4.69, 9.17) is 0 Å². The van der Waals surface area contributed by atoms with Crippen LogP contribution in [0.15, 0.2) is 24.3 Å². The van der Waals surface area contributed by atoms with Crippen molar-refractivity contribution >= 4 is 16.6 Å². The monoisotopic (exact) mass is 293 g/mol. The summed E-state index contributed by atoms with van der Waals surface area (Å²) in [4.78, 5) is 14.4. The molecule has 1 saturated heterocycles. The molecule has 4 heteroatoms. The van der Waals surface area contributed by atoms with E-state index in [1.807, 2.05) is 31.2 Å². The number of benzene rings is 1.